The van der Waals surface area contributed by atoms with Crippen LogP contribution in [0, 0.1) is 5.92 Å². The van der Waals surface area contributed by atoms with Crippen molar-refractivity contribution in [3.8, 4) is 0 Å². The van der Waals surface area contributed by atoms with Crippen molar-refractivity contribution in [1.82, 2.24) is 15.1 Å². The van der Waals surface area contributed by atoms with Gasteiger partial charge in [0.05, 0.1) is 11.7 Å². The molecule has 2 fully saturated rings. The van der Waals surface area contributed by atoms with E-state index in [-0.39, 0.29) is 0 Å². The highest BCUT2D eigenvalue weighted by molar-refractivity contribution is 5.07. The number of nitrogens with one attached hydrogen (secondary N) is 1. The number of likely N-dealkylation sites (tertiary alicyclic amines) is 1. The lowest BCUT2D eigenvalue weighted by molar-refractivity contribution is 0.243. The minimum absolute atomic E-state index is 0.623. The first kappa shape index (κ1) is 8.48. The summed E-state index contributed by atoms with van der Waals surface area (Å²) in [6, 6.07) is 2.74. The Kier molecular flexibility index (Phi) is 2.05. The number of rotatable bonds is 3. The maximum atomic E-state index is 4.04. The summed E-state index contributed by atoms with van der Waals surface area (Å²) in [5.74, 6) is 0.999. The van der Waals surface area contributed by atoms with Gasteiger partial charge in [0.15, 0.2) is 0 Å². The van der Waals surface area contributed by atoms with E-state index in [2.05, 4.69) is 21.2 Å². The summed E-state index contributed by atoms with van der Waals surface area (Å²) in [5, 5.41) is 7.16. The maximum absolute atomic E-state index is 4.04. The van der Waals surface area contributed by atoms with Crippen LogP contribution in [0.4, 0.5) is 0 Å². The molecule has 0 radical (unpaired) electrons. The highest BCUT2D eigenvalue weighted by Gasteiger charge is 2.32. The monoisotopic (exact) mass is 191 g/mol. The van der Waals surface area contributed by atoms with E-state index < -0.39 is 0 Å². The van der Waals surface area contributed by atoms with Gasteiger partial charge in [-0.15, -0.1) is 0 Å². The van der Waals surface area contributed by atoms with Gasteiger partial charge in [0.2, 0.25) is 0 Å². The lowest BCUT2D eigenvalue weighted by Crippen LogP contribution is -2.25. The van der Waals surface area contributed by atoms with E-state index >= 15 is 0 Å². The molecule has 1 aliphatic carbocycles. The highest BCUT2D eigenvalue weighted by Crippen LogP contribution is 2.36. The third-order valence-corrected chi connectivity index (χ3v) is 3.43. The van der Waals surface area contributed by atoms with Gasteiger partial charge in [0.25, 0.3) is 0 Å². The molecule has 0 bridgehead atoms. The molecule has 14 heavy (non-hydrogen) atoms. The molecule has 1 saturated heterocycles. The Hall–Kier alpha value is -0.830. The summed E-state index contributed by atoms with van der Waals surface area (Å²) in [6.45, 7) is 2.59. The summed E-state index contributed by atoms with van der Waals surface area (Å²) in [6.07, 6.45) is 7.41. The Labute approximate surface area is 84.5 Å². The van der Waals surface area contributed by atoms with E-state index in [1.807, 2.05) is 6.20 Å². The quantitative estimate of drug-likeness (QED) is 0.792. The topological polar surface area (TPSA) is 31.9 Å². The van der Waals surface area contributed by atoms with Crippen LogP contribution in [0.3, 0.4) is 0 Å². The van der Waals surface area contributed by atoms with Crippen molar-refractivity contribution < 1.29 is 0 Å². The van der Waals surface area contributed by atoms with E-state index in [1.165, 1.54) is 44.5 Å². The lowest BCUT2D eigenvalue weighted by Gasteiger charge is -2.22. The normalized spacial score (nSPS) is 28.4. The van der Waals surface area contributed by atoms with Crippen molar-refractivity contribution in [2.24, 2.45) is 5.92 Å². The second-order valence-corrected chi connectivity index (χ2v) is 4.61. The van der Waals surface area contributed by atoms with E-state index in [4.69, 9.17) is 0 Å². The van der Waals surface area contributed by atoms with Crippen LogP contribution in [0.25, 0.3) is 0 Å². The minimum Gasteiger partial charge on any atom is -0.295 e. The molecule has 3 nitrogen and oxygen atoms in total. The maximum Gasteiger partial charge on any atom is 0.0523 e. The summed E-state index contributed by atoms with van der Waals surface area (Å²) in [7, 11) is 0. The summed E-state index contributed by atoms with van der Waals surface area (Å²) >= 11 is 0. The molecule has 1 N–H and O–H groups in total. The largest absolute Gasteiger partial charge is 0.295 e. The number of hydrogen-bond donors (Lipinski definition) is 1. The van der Waals surface area contributed by atoms with Gasteiger partial charge >= 0.3 is 0 Å². The Morgan fingerprint density at radius 2 is 2.36 bits per heavy atom. The van der Waals surface area contributed by atoms with Gasteiger partial charge in [-0.2, -0.15) is 5.10 Å². The number of aromatic amines is 1. The first-order chi connectivity index (χ1) is 6.93. The van der Waals surface area contributed by atoms with Gasteiger partial charge in [-0.3, -0.25) is 10.00 Å². The second-order valence-electron chi connectivity index (χ2n) is 4.61. The number of hydrogen-bond acceptors (Lipinski definition) is 2. The smallest absolute Gasteiger partial charge is 0.0523 e. The van der Waals surface area contributed by atoms with Crippen molar-refractivity contribution in [2.45, 2.75) is 31.7 Å². The molecule has 2 heterocycles. The van der Waals surface area contributed by atoms with Crippen molar-refractivity contribution >= 4 is 0 Å². The fraction of sp³-hybridized carbons (Fsp3) is 0.727. The Bertz CT molecular complexity index is 289. The highest BCUT2D eigenvalue weighted by atomic mass is 15.2. The SMILES string of the molecule is c1cc([C@H]2CCCN2CC2CC2)[nH]n1. The first-order valence-corrected chi connectivity index (χ1v) is 5.67. The first-order valence-electron chi connectivity index (χ1n) is 5.67. The zero-order valence-corrected chi connectivity index (χ0v) is 8.45. The molecule has 0 amide bonds. The minimum atomic E-state index is 0.623. The molecule has 0 unspecified atom stereocenters. The van der Waals surface area contributed by atoms with Crippen LogP contribution in [-0.2, 0) is 0 Å². The van der Waals surface area contributed by atoms with Crippen LogP contribution in [0.5, 0.6) is 0 Å². The molecule has 1 atom stereocenters. The molecule has 1 saturated carbocycles. The van der Waals surface area contributed by atoms with E-state index in [0.29, 0.717) is 6.04 Å². The third kappa shape index (κ3) is 1.57. The molecular weight excluding hydrogens is 174 g/mol. The number of nitrogens with zero attached hydrogens (tertiary/aromatic N) is 2. The molecule has 1 aromatic rings. The Balaban J connectivity index is 1.71. The second kappa shape index (κ2) is 3.39. The lowest BCUT2D eigenvalue weighted by atomic mass is 10.1. The van der Waals surface area contributed by atoms with Crippen LogP contribution in [0.15, 0.2) is 12.3 Å². The Morgan fingerprint density at radius 1 is 1.43 bits per heavy atom. The molecule has 2 aliphatic rings. The molecule has 1 aliphatic heterocycles. The van der Waals surface area contributed by atoms with E-state index in [0.717, 1.165) is 5.92 Å². The van der Waals surface area contributed by atoms with Crippen LogP contribution in [0.1, 0.15) is 37.4 Å². The van der Waals surface area contributed by atoms with Crippen molar-refractivity contribution in [2.75, 3.05) is 13.1 Å². The molecular formula is C11H17N3. The average Bonchev–Trinajstić information content (AvgIpc) is 2.68. The predicted molar refractivity (Wildman–Crippen MR) is 54.9 cm³/mol. The van der Waals surface area contributed by atoms with Gasteiger partial charge in [-0.1, -0.05) is 0 Å². The van der Waals surface area contributed by atoms with Crippen molar-refractivity contribution in [3.63, 3.8) is 0 Å². The van der Waals surface area contributed by atoms with Crippen LogP contribution in [-0.4, -0.2) is 28.2 Å². The van der Waals surface area contributed by atoms with Crippen LogP contribution in [0.2, 0.25) is 0 Å². The van der Waals surface area contributed by atoms with E-state index in [9.17, 15) is 0 Å². The van der Waals surface area contributed by atoms with Crippen molar-refractivity contribution in [3.05, 3.63) is 18.0 Å². The molecule has 3 rings (SSSR count). The van der Waals surface area contributed by atoms with Gasteiger partial charge < -0.3 is 0 Å². The average molecular weight is 191 g/mol. The zero-order valence-electron chi connectivity index (χ0n) is 8.45. The fourth-order valence-corrected chi connectivity index (χ4v) is 2.48. The van der Waals surface area contributed by atoms with Crippen LogP contribution < -0.4 is 0 Å². The van der Waals surface area contributed by atoms with E-state index in [1.54, 1.807) is 0 Å². The zero-order chi connectivity index (χ0) is 9.38. The standard InChI is InChI=1S/C11H17N3/c1-2-11(10-5-6-12-13-10)14(7-1)8-9-3-4-9/h5-6,9,11H,1-4,7-8H2,(H,12,13)/t11-/m1/s1. The molecule has 1 aromatic heterocycles. The van der Waals surface area contributed by atoms with Gasteiger partial charge in [0, 0.05) is 12.7 Å². The molecule has 0 spiro atoms. The van der Waals surface area contributed by atoms with Crippen LogP contribution >= 0.6 is 0 Å². The fourth-order valence-electron chi connectivity index (χ4n) is 2.48. The Morgan fingerprint density at radius 3 is 3.07 bits per heavy atom. The predicted octanol–water partition coefficient (Wildman–Crippen LogP) is 1.96. The van der Waals surface area contributed by atoms with Gasteiger partial charge in [-0.05, 0) is 44.2 Å². The molecule has 3 heteroatoms. The molecule has 0 aromatic carbocycles. The third-order valence-electron chi connectivity index (χ3n) is 3.43. The summed E-state index contributed by atoms with van der Waals surface area (Å²) < 4.78 is 0. The summed E-state index contributed by atoms with van der Waals surface area (Å²) in [5.41, 5.74) is 1.31. The molecule has 76 valence electrons. The number of H-pyrrole nitrogens is 1. The van der Waals surface area contributed by atoms with Gasteiger partial charge in [-0.25, -0.2) is 0 Å². The number of aromatic nitrogens is 2. The summed E-state index contributed by atoms with van der Waals surface area (Å²) in [4.78, 5) is 2.63. The van der Waals surface area contributed by atoms with Gasteiger partial charge in [0.1, 0.15) is 0 Å². The van der Waals surface area contributed by atoms with Crippen molar-refractivity contribution in [1.29, 1.82) is 0 Å².